The van der Waals surface area contributed by atoms with Crippen molar-refractivity contribution in [3.05, 3.63) is 11.9 Å². The number of aromatic nitrogens is 2. The maximum Gasteiger partial charge on any atom is 0.160 e. The average Bonchev–Trinajstić information content (AvgIpc) is 2.73. The van der Waals surface area contributed by atoms with Crippen molar-refractivity contribution in [2.45, 2.75) is 57.5 Å². The summed E-state index contributed by atoms with van der Waals surface area (Å²) >= 11 is 0. The number of rotatable bonds is 3. The highest BCUT2D eigenvalue weighted by Gasteiger charge is 2.30. The van der Waals surface area contributed by atoms with Gasteiger partial charge in [0.15, 0.2) is 5.75 Å². The molecule has 1 fully saturated rings. The third-order valence-electron chi connectivity index (χ3n) is 3.68. The molecule has 0 bridgehead atoms. The van der Waals surface area contributed by atoms with Crippen LogP contribution in [0.2, 0.25) is 0 Å². The monoisotopic (exact) mass is 237 g/mol. The van der Waals surface area contributed by atoms with Gasteiger partial charge in [-0.25, -0.2) is 0 Å². The lowest BCUT2D eigenvalue weighted by molar-refractivity contribution is 0.338. The highest BCUT2D eigenvalue weighted by molar-refractivity contribution is 5.30. The van der Waals surface area contributed by atoms with Crippen molar-refractivity contribution < 1.29 is 4.74 Å². The predicted molar refractivity (Wildman–Crippen MR) is 68.3 cm³/mol. The Labute approximate surface area is 103 Å². The first-order chi connectivity index (χ1) is 8.15. The Balaban J connectivity index is 2.37. The summed E-state index contributed by atoms with van der Waals surface area (Å²) in [6.07, 6.45) is 6.57. The van der Waals surface area contributed by atoms with Gasteiger partial charge in [0.1, 0.15) is 0 Å². The molecule has 2 unspecified atom stereocenters. The Kier molecular flexibility index (Phi) is 3.72. The Hall–Kier alpha value is -1.03. The predicted octanol–water partition coefficient (Wildman–Crippen LogP) is 2.46. The van der Waals surface area contributed by atoms with E-state index in [9.17, 15) is 0 Å². The van der Waals surface area contributed by atoms with Crippen molar-refractivity contribution in [2.75, 3.05) is 7.11 Å². The van der Waals surface area contributed by atoms with Gasteiger partial charge in [0.2, 0.25) is 0 Å². The van der Waals surface area contributed by atoms with E-state index in [2.05, 4.69) is 23.6 Å². The minimum absolute atomic E-state index is 0.242. The third-order valence-corrected chi connectivity index (χ3v) is 3.68. The molecule has 1 aromatic heterocycles. The molecule has 1 aliphatic carbocycles. The van der Waals surface area contributed by atoms with E-state index in [1.54, 1.807) is 7.11 Å². The molecule has 0 aliphatic heterocycles. The maximum absolute atomic E-state index is 6.27. The van der Waals surface area contributed by atoms with E-state index >= 15 is 0 Å². The van der Waals surface area contributed by atoms with Gasteiger partial charge >= 0.3 is 0 Å². The number of hydrogen-bond donors (Lipinski definition) is 1. The number of nitrogens with zero attached hydrogens (tertiary/aromatic N) is 2. The van der Waals surface area contributed by atoms with E-state index in [0.29, 0.717) is 12.0 Å². The second-order valence-corrected chi connectivity index (χ2v) is 5.19. The summed E-state index contributed by atoms with van der Waals surface area (Å²) in [7, 11) is 1.71. The van der Waals surface area contributed by atoms with E-state index in [0.717, 1.165) is 18.6 Å². The Morgan fingerprint density at radius 2 is 2.12 bits per heavy atom. The van der Waals surface area contributed by atoms with Crippen LogP contribution in [0.4, 0.5) is 0 Å². The second-order valence-electron chi connectivity index (χ2n) is 5.19. The number of hydrogen-bond acceptors (Lipinski definition) is 3. The van der Waals surface area contributed by atoms with E-state index in [1.807, 2.05) is 6.20 Å². The van der Waals surface area contributed by atoms with Crippen LogP contribution < -0.4 is 10.5 Å². The Morgan fingerprint density at radius 1 is 1.41 bits per heavy atom. The summed E-state index contributed by atoms with van der Waals surface area (Å²) in [6.45, 7) is 4.29. The smallest absolute Gasteiger partial charge is 0.160 e. The topological polar surface area (TPSA) is 53.1 Å². The Morgan fingerprint density at radius 3 is 2.71 bits per heavy atom. The molecule has 0 radical (unpaired) electrons. The maximum atomic E-state index is 6.27. The van der Waals surface area contributed by atoms with Crippen LogP contribution in [0.5, 0.6) is 5.75 Å². The van der Waals surface area contributed by atoms with Gasteiger partial charge in [0.05, 0.1) is 19.0 Å². The molecule has 0 spiro atoms. The highest BCUT2D eigenvalue weighted by atomic mass is 16.5. The molecule has 2 N–H and O–H groups in total. The van der Waals surface area contributed by atoms with Crippen molar-refractivity contribution in [1.82, 2.24) is 9.78 Å². The summed E-state index contributed by atoms with van der Waals surface area (Å²) in [6, 6.07) is 0.592. The largest absolute Gasteiger partial charge is 0.493 e. The first-order valence-corrected chi connectivity index (χ1v) is 6.52. The number of nitrogens with two attached hydrogens (primary N) is 1. The first kappa shape index (κ1) is 12.4. The summed E-state index contributed by atoms with van der Waals surface area (Å²) < 4.78 is 7.50. The molecule has 0 saturated heterocycles. The van der Waals surface area contributed by atoms with E-state index < -0.39 is 0 Å². The fourth-order valence-electron chi connectivity index (χ4n) is 2.78. The molecule has 1 saturated carbocycles. The van der Waals surface area contributed by atoms with Crippen molar-refractivity contribution in [3.8, 4) is 5.75 Å². The molecule has 0 aromatic carbocycles. The number of methoxy groups -OCH3 is 1. The van der Waals surface area contributed by atoms with Crippen molar-refractivity contribution in [1.29, 1.82) is 0 Å². The third kappa shape index (κ3) is 2.32. The summed E-state index contributed by atoms with van der Waals surface area (Å²) in [5, 5.41) is 4.43. The molecule has 96 valence electrons. The van der Waals surface area contributed by atoms with Gasteiger partial charge in [-0.2, -0.15) is 5.10 Å². The van der Waals surface area contributed by atoms with Gasteiger partial charge in [-0.15, -0.1) is 0 Å². The van der Waals surface area contributed by atoms with Crippen LogP contribution in [0.15, 0.2) is 6.20 Å². The van der Waals surface area contributed by atoms with Crippen LogP contribution in [0.25, 0.3) is 0 Å². The average molecular weight is 237 g/mol. The van der Waals surface area contributed by atoms with Crippen LogP contribution in [0.1, 0.15) is 57.2 Å². The molecular weight excluding hydrogens is 214 g/mol. The van der Waals surface area contributed by atoms with Crippen molar-refractivity contribution in [3.63, 3.8) is 0 Å². The normalized spacial score (nSPS) is 25.2. The van der Waals surface area contributed by atoms with Gasteiger partial charge < -0.3 is 10.5 Å². The van der Waals surface area contributed by atoms with Crippen molar-refractivity contribution >= 4 is 0 Å². The highest BCUT2D eigenvalue weighted by Crippen LogP contribution is 2.37. The zero-order valence-corrected chi connectivity index (χ0v) is 11.0. The van der Waals surface area contributed by atoms with Crippen LogP contribution >= 0.6 is 0 Å². The first-order valence-electron chi connectivity index (χ1n) is 6.52. The molecule has 2 atom stereocenters. The standard InChI is InChI=1S/C13H23N3O/c1-9(2)16-13(12(17-3)8-15-16)10-6-4-5-7-11(10)14/h8-11H,4-7,14H2,1-3H3. The molecule has 1 aromatic rings. The molecule has 2 rings (SSSR count). The lowest BCUT2D eigenvalue weighted by Gasteiger charge is -2.30. The second kappa shape index (κ2) is 5.08. The molecule has 17 heavy (non-hydrogen) atoms. The fraction of sp³-hybridized carbons (Fsp3) is 0.769. The molecular formula is C13H23N3O. The lowest BCUT2D eigenvalue weighted by Crippen LogP contribution is -2.33. The molecule has 1 aliphatic rings. The van der Waals surface area contributed by atoms with Crippen molar-refractivity contribution in [2.24, 2.45) is 5.73 Å². The van der Waals surface area contributed by atoms with E-state index in [-0.39, 0.29) is 6.04 Å². The summed E-state index contributed by atoms with van der Waals surface area (Å²) in [5.74, 6) is 1.28. The van der Waals surface area contributed by atoms with E-state index in [1.165, 1.54) is 18.5 Å². The lowest BCUT2D eigenvalue weighted by atomic mass is 9.82. The van der Waals surface area contributed by atoms with Crippen LogP contribution in [-0.4, -0.2) is 22.9 Å². The van der Waals surface area contributed by atoms with E-state index in [4.69, 9.17) is 10.5 Å². The van der Waals surface area contributed by atoms with Crippen LogP contribution in [0, 0.1) is 0 Å². The van der Waals surface area contributed by atoms with Gasteiger partial charge in [0, 0.05) is 18.0 Å². The molecule has 1 heterocycles. The molecule has 4 heteroatoms. The molecule has 4 nitrogen and oxygen atoms in total. The summed E-state index contributed by atoms with van der Waals surface area (Å²) in [4.78, 5) is 0. The number of ether oxygens (including phenoxy) is 1. The minimum atomic E-state index is 0.242. The quantitative estimate of drug-likeness (QED) is 0.878. The zero-order chi connectivity index (χ0) is 12.4. The van der Waals surface area contributed by atoms with Crippen LogP contribution in [-0.2, 0) is 0 Å². The SMILES string of the molecule is COc1cnn(C(C)C)c1C1CCCCC1N. The van der Waals surface area contributed by atoms with Gasteiger partial charge in [0.25, 0.3) is 0 Å². The van der Waals surface area contributed by atoms with Gasteiger partial charge in [-0.1, -0.05) is 12.8 Å². The summed E-state index contributed by atoms with van der Waals surface area (Å²) in [5.41, 5.74) is 7.46. The fourth-order valence-corrected chi connectivity index (χ4v) is 2.78. The zero-order valence-electron chi connectivity index (χ0n) is 11.0. The molecule has 0 amide bonds. The van der Waals surface area contributed by atoms with Gasteiger partial charge in [-0.05, 0) is 26.7 Å². The van der Waals surface area contributed by atoms with Crippen LogP contribution in [0.3, 0.4) is 0 Å². The van der Waals surface area contributed by atoms with Gasteiger partial charge in [-0.3, -0.25) is 4.68 Å². The minimum Gasteiger partial charge on any atom is -0.493 e. The Bertz CT molecular complexity index is 373.